The number of hydrogen-bond donors (Lipinski definition) is 1. The lowest BCUT2D eigenvalue weighted by Crippen LogP contribution is -2.26. The fourth-order valence-electron chi connectivity index (χ4n) is 2.95. The Bertz CT molecular complexity index is 1120. The van der Waals surface area contributed by atoms with Gasteiger partial charge in [-0.15, -0.1) is 0 Å². The average Bonchev–Trinajstić information content (AvgIpc) is 2.75. The molecule has 7 heteroatoms. The first-order chi connectivity index (χ1) is 14.3. The van der Waals surface area contributed by atoms with E-state index in [2.05, 4.69) is 5.32 Å². The molecule has 0 heterocycles. The number of benzene rings is 3. The molecule has 3 aromatic rings. The molecule has 0 radical (unpaired) electrons. The SMILES string of the molecule is COCc1ccccc1NC(=O)c1ccc(N(C)S(=O)(=O)c2ccc(C)cc2)cc1. The van der Waals surface area contributed by atoms with E-state index in [1.807, 2.05) is 31.2 Å². The fourth-order valence-corrected chi connectivity index (χ4v) is 4.14. The number of carbonyl (C=O) groups is 1. The van der Waals surface area contributed by atoms with Gasteiger partial charge in [0.2, 0.25) is 0 Å². The summed E-state index contributed by atoms with van der Waals surface area (Å²) in [4.78, 5) is 12.8. The van der Waals surface area contributed by atoms with Crippen molar-refractivity contribution in [1.82, 2.24) is 0 Å². The summed E-state index contributed by atoms with van der Waals surface area (Å²) in [7, 11) is -0.596. The summed E-state index contributed by atoms with van der Waals surface area (Å²) in [6.07, 6.45) is 0. The van der Waals surface area contributed by atoms with E-state index in [1.165, 1.54) is 11.4 Å². The first-order valence-corrected chi connectivity index (χ1v) is 10.8. The van der Waals surface area contributed by atoms with Gasteiger partial charge in [0.05, 0.1) is 17.2 Å². The number of nitrogens with zero attached hydrogens (tertiary/aromatic N) is 1. The highest BCUT2D eigenvalue weighted by molar-refractivity contribution is 7.92. The van der Waals surface area contributed by atoms with E-state index in [4.69, 9.17) is 4.74 Å². The van der Waals surface area contributed by atoms with Gasteiger partial charge in [-0.05, 0) is 49.4 Å². The molecule has 0 unspecified atom stereocenters. The number of nitrogens with one attached hydrogen (secondary N) is 1. The molecule has 0 saturated carbocycles. The number of aryl methyl sites for hydroxylation is 1. The van der Waals surface area contributed by atoms with E-state index in [9.17, 15) is 13.2 Å². The van der Waals surface area contributed by atoms with Crippen molar-refractivity contribution in [3.05, 3.63) is 89.5 Å². The van der Waals surface area contributed by atoms with Crippen LogP contribution in [0.15, 0.2) is 77.7 Å². The topological polar surface area (TPSA) is 75.7 Å². The van der Waals surface area contributed by atoms with Gasteiger partial charge in [-0.25, -0.2) is 8.42 Å². The molecule has 0 aliphatic carbocycles. The van der Waals surface area contributed by atoms with E-state index in [1.54, 1.807) is 55.6 Å². The molecule has 0 spiro atoms. The maximum atomic E-state index is 12.8. The molecule has 0 aromatic heterocycles. The lowest BCUT2D eigenvalue weighted by Gasteiger charge is -2.20. The zero-order chi connectivity index (χ0) is 21.7. The lowest BCUT2D eigenvalue weighted by atomic mass is 10.1. The molecule has 0 atom stereocenters. The minimum absolute atomic E-state index is 0.215. The highest BCUT2D eigenvalue weighted by Gasteiger charge is 2.21. The lowest BCUT2D eigenvalue weighted by molar-refractivity contribution is 0.102. The molecule has 156 valence electrons. The Morgan fingerprint density at radius 1 is 0.967 bits per heavy atom. The summed E-state index contributed by atoms with van der Waals surface area (Å²) < 4.78 is 32.0. The molecule has 1 N–H and O–H groups in total. The first kappa shape index (κ1) is 21.5. The predicted octanol–water partition coefficient (Wildman–Crippen LogP) is 4.22. The molecule has 30 heavy (non-hydrogen) atoms. The second-order valence-corrected chi connectivity index (χ2v) is 8.85. The number of methoxy groups -OCH3 is 1. The molecule has 0 aliphatic rings. The maximum absolute atomic E-state index is 12.8. The fraction of sp³-hybridized carbons (Fsp3) is 0.174. The van der Waals surface area contributed by atoms with Crippen LogP contribution in [0.1, 0.15) is 21.5 Å². The van der Waals surface area contributed by atoms with Crippen molar-refractivity contribution in [3.63, 3.8) is 0 Å². The van der Waals surface area contributed by atoms with Crippen LogP contribution in [0.4, 0.5) is 11.4 Å². The third-order valence-corrected chi connectivity index (χ3v) is 6.54. The summed E-state index contributed by atoms with van der Waals surface area (Å²) >= 11 is 0. The number of rotatable bonds is 7. The van der Waals surface area contributed by atoms with Crippen molar-refractivity contribution < 1.29 is 17.9 Å². The predicted molar refractivity (Wildman–Crippen MR) is 118 cm³/mol. The van der Waals surface area contributed by atoms with Gasteiger partial charge in [0.1, 0.15) is 0 Å². The Balaban J connectivity index is 1.77. The minimum Gasteiger partial charge on any atom is -0.380 e. The molecule has 1 amide bonds. The van der Waals surface area contributed by atoms with E-state index in [0.717, 1.165) is 11.1 Å². The largest absolute Gasteiger partial charge is 0.380 e. The molecular formula is C23H24N2O4S. The van der Waals surface area contributed by atoms with Crippen LogP contribution in [0.25, 0.3) is 0 Å². The monoisotopic (exact) mass is 424 g/mol. The van der Waals surface area contributed by atoms with Crippen LogP contribution in [0, 0.1) is 6.92 Å². The number of para-hydroxylation sites is 1. The molecule has 0 aliphatic heterocycles. The summed E-state index contributed by atoms with van der Waals surface area (Å²) in [5.41, 5.74) is 3.42. The van der Waals surface area contributed by atoms with Crippen molar-refractivity contribution in [2.24, 2.45) is 0 Å². The Morgan fingerprint density at radius 3 is 2.23 bits per heavy atom. The van der Waals surface area contributed by atoms with Crippen molar-refractivity contribution in [2.45, 2.75) is 18.4 Å². The van der Waals surface area contributed by atoms with Gasteiger partial charge in [-0.2, -0.15) is 0 Å². The maximum Gasteiger partial charge on any atom is 0.264 e. The third-order valence-electron chi connectivity index (χ3n) is 4.74. The molecule has 3 aromatic carbocycles. The van der Waals surface area contributed by atoms with Crippen LogP contribution >= 0.6 is 0 Å². The van der Waals surface area contributed by atoms with Gasteiger partial charge in [0.25, 0.3) is 15.9 Å². The van der Waals surface area contributed by atoms with E-state index < -0.39 is 10.0 Å². The van der Waals surface area contributed by atoms with Crippen LogP contribution < -0.4 is 9.62 Å². The van der Waals surface area contributed by atoms with Crippen molar-refractivity contribution >= 4 is 27.3 Å². The molecule has 0 saturated heterocycles. The van der Waals surface area contributed by atoms with Crippen LogP contribution in [0.5, 0.6) is 0 Å². The Morgan fingerprint density at radius 2 is 1.60 bits per heavy atom. The highest BCUT2D eigenvalue weighted by atomic mass is 32.2. The standard InChI is InChI=1S/C23H24N2O4S/c1-17-8-14-21(15-9-17)30(27,28)25(2)20-12-10-18(11-13-20)23(26)24-22-7-5-4-6-19(22)16-29-3/h4-15H,16H2,1-3H3,(H,24,26). The second-order valence-electron chi connectivity index (χ2n) is 6.88. The summed E-state index contributed by atoms with van der Waals surface area (Å²) in [5.74, 6) is -0.283. The Labute approximate surface area is 177 Å². The zero-order valence-corrected chi connectivity index (χ0v) is 17.9. The molecule has 0 bridgehead atoms. The van der Waals surface area contributed by atoms with Crippen molar-refractivity contribution in [2.75, 3.05) is 23.8 Å². The van der Waals surface area contributed by atoms with Gasteiger partial charge in [0.15, 0.2) is 0 Å². The quantitative estimate of drug-likeness (QED) is 0.616. The number of sulfonamides is 1. The Kier molecular flexibility index (Phi) is 6.54. The van der Waals surface area contributed by atoms with Crippen LogP contribution in [0.3, 0.4) is 0 Å². The van der Waals surface area contributed by atoms with E-state index in [0.29, 0.717) is 23.5 Å². The van der Waals surface area contributed by atoms with Gasteiger partial charge in [-0.1, -0.05) is 35.9 Å². The van der Waals surface area contributed by atoms with Gasteiger partial charge < -0.3 is 10.1 Å². The summed E-state index contributed by atoms with van der Waals surface area (Å²) in [6.45, 7) is 2.29. The number of ether oxygens (including phenoxy) is 1. The highest BCUT2D eigenvalue weighted by Crippen LogP contribution is 2.23. The number of anilines is 2. The summed E-state index contributed by atoms with van der Waals surface area (Å²) in [5, 5.41) is 2.87. The first-order valence-electron chi connectivity index (χ1n) is 9.37. The normalized spacial score (nSPS) is 11.2. The molecule has 0 fully saturated rings. The van der Waals surface area contributed by atoms with Crippen molar-refractivity contribution in [3.8, 4) is 0 Å². The van der Waals surface area contributed by atoms with Crippen LogP contribution in [-0.4, -0.2) is 28.5 Å². The molecule has 3 rings (SSSR count). The Hall–Kier alpha value is -3.16. The summed E-state index contributed by atoms with van der Waals surface area (Å²) in [6, 6.07) is 20.5. The van der Waals surface area contributed by atoms with Gasteiger partial charge >= 0.3 is 0 Å². The third kappa shape index (κ3) is 4.69. The van der Waals surface area contributed by atoms with E-state index in [-0.39, 0.29) is 10.8 Å². The number of carbonyl (C=O) groups excluding carboxylic acids is 1. The minimum atomic E-state index is -3.68. The average molecular weight is 425 g/mol. The second kappa shape index (κ2) is 9.11. The van der Waals surface area contributed by atoms with Crippen LogP contribution in [0.2, 0.25) is 0 Å². The van der Waals surface area contributed by atoms with Gasteiger partial charge in [-0.3, -0.25) is 9.10 Å². The number of hydrogen-bond acceptors (Lipinski definition) is 4. The molecule has 6 nitrogen and oxygen atoms in total. The smallest absolute Gasteiger partial charge is 0.264 e. The zero-order valence-electron chi connectivity index (χ0n) is 17.1. The van der Waals surface area contributed by atoms with Crippen molar-refractivity contribution in [1.29, 1.82) is 0 Å². The van der Waals surface area contributed by atoms with Crippen LogP contribution in [-0.2, 0) is 21.4 Å². The van der Waals surface area contributed by atoms with Gasteiger partial charge in [0, 0.05) is 31.0 Å². The number of amides is 1. The molecular weight excluding hydrogens is 400 g/mol. The van der Waals surface area contributed by atoms with E-state index >= 15 is 0 Å².